The number of thiophene rings is 2. The SMILES string of the molecule is CN(CC(=O)N1CCCC1)C1CCC(N)CC1.CN(CC(=O)N1CCCC1)C1CCC(Nc2ncnc3sc4ccccc4c23)CC1.Clc1ncnc2sc3ccccc3c12. The van der Waals surface area contributed by atoms with Gasteiger partial charge >= 0.3 is 0 Å². The number of likely N-dealkylation sites (N-methyl/N-ethyl adjacent to an activating group) is 2. The summed E-state index contributed by atoms with van der Waals surface area (Å²) in [5.74, 6) is 1.56. The average molecular weight is 884 g/mol. The van der Waals surface area contributed by atoms with Gasteiger partial charge in [0, 0.05) is 70.5 Å². The first-order chi connectivity index (χ1) is 29.7. The summed E-state index contributed by atoms with van der Waals surface area (Å²) in [6.07, 6.45) is 16.7. The third kappa shape index (κ3) is 10.6. The van der Waals surface area contributed by atoms with Gasteiger partial charge in [-0.1, -0.05) is 48.0 Å². The van der Waals surface area contributed by atoms with Gasteiger partial charge in [0.2, 0.25) is 11.8 Å². The van der Waals surface area contributed by atoms with Crippen LogP contribution in [0.3, 0.4) is 0 Å². The van der Waals surface area contributed by atoms with Gasteiger partial charge in [-0.3, -0.25) is 19.4 Å². The predicted molar refractivity (Wildman–Crippen MR) is 252 cm³/mol. The summed E-state index contributed by atoms with van der Waals surface area (Å²) in [5.41, 5.74) is 5.90. The molecule has 15 heteroatoms. The molecule has 2 amide bonds. The Labute approximate surface area is 371 Å². The summed E-state index contributed by atoms with van der Waals surface area (Å²) in [4.78, 5) is 52.3. The number of nitrogens with one attached hydrogen (secondary N) is 1. The Morgan fingerprint density at radius 3 is 1.67 bits per heavy atom. The van der Waals surface area contributed by atoms with Crippen molar-refractivity contribution in [3.63, 3.8) is 0 Å². The summed E-state index contributed by atoms with van der Waals surface area (Å²) in [5, 5.41) is 8.73. The number of rotatable bonds is 8. The normalized spacial score (nSPS) is 21.9. The topological polar surface area (TPSA) is 137 Å². The lowest BCUT2D eigenvalue weighted by Crippen LogP contribution is -2.44. The number of hydrogen-bond acceptors (Lipinski definition) is 12. The molecule has 4 fully saturated rings. The molecule has 2 aliphatic heterocycles. The highest BCUT2D eigenvalue weighted by Crippen LogP contribution is 2.37. The van der Waals surface area contributed by atoms with Crippen LogP contribution in [0.1, 0.15) is 77.0 Å². The van der Waals surface area contributed by atoms with E-state index in [1.165, 1.54) is 34.0 Å². The molecule has 2 aliphatic carbocycles. The zero-order valence-corrected chi connectivity index (χ0v) is 37.9. The van der Waals surface area contributed by atoms with Gasteiger partial charge in [0.25, 0.3) is 0 Å². The Hall–Kier alpha value is -4.05. The van der Waals surface area contributed by atoms with Gasteiger partial charge < -0.3 is 20.9 Å². The van der Waals surface area contributed by atoms with Crippen molar-refractivity contribution in [3.8, 4) is 0 Å². The molecule has 4 aromatic heterocycles. The van der Waals surface area contributed by atoms with Gasteiger partial charge in [-0.2, -0.15) is 0 Å². The molecule has 2 saturated carbocycles. The fourth-order valence-electron chi connectivity index (χ4n) is 9.40. The largest absolute Gasteiger partial charge is 0.367 e. The number of hydrogen-bond donors (Lipinski definition) is 2. The fraction of sp³-hybridized carbons (Fsp3) is 0.522. The lowest BCUT2D eigenvalue weighted by molar-refractivity contribution is -0.132. The van der Waals surface area contributed by atoms with Crippen molar-refractivity contribution in [1.82, 2.24) is 39.5 Å². The van der Waals surface area contributed by atoms with Crippen LogP contribution in [0, 0.1) is 0 Å². The number of amides is 2. The van der Waals surface area contributed by atoms with E-state index in [0.717, 1.165) is 122 Å². The number of benzene rings is 2. The van der Waals surface area contributed by atoms with Gasteiger partial charge in [-0.05, 0) is 103 Å². The Balaban J connectivity index is 0.000000139. The van der Waals surface area contributed by atoms with Crippen molar-refractivity contribution in [2.24, 2.45) is 5.73 Å². The van der Waals surface area contributed by atoms with Crippen LogP contribution in [0.25, 0.3) is 40.6 Å². The molecular weight excluding hydrogens is 824 g/mol. The molecular formula is C46H59ClN10O2S2. The minimum absolute atomic E-state index is 0.294. The summed E-state index contributed by atoms with van der Waals surface area (Å²) in [7, 11) is 4.19. The van der Waals surface area contributed by atoms with E-state index in [-0.39, 0.29) is 0 Å². The van der Waals surface area contributed by atoms with E-state index in [1.807, 2.05) is 28.0 Å². The van der Waals surface area contributed by atoms with Crippen molar-refractivity contribution >= 4 is 92.5 Å². The van der Waals surface area contributed by atoms with Gasteiger partial charge in [0.05, 0.1) is 23.9 Å². The zero-order valence-electron chi connectivity index (χ0n) is 35.5. The van der Waals surface area contributed by atoms with Crippen LogP contribution in [0.4, 0.5) is 5.82 Å². The van der Waals surface area contributed by atoms with Crippen molar-refractivity contribution in [2.45, 2.75) is 101 Å². The fourth-order valence-corrected chi connectivity index (χ4v) is 11.8. The van der Waals surface area contributed by atoms with Gasteiger partial charge in [0.15, 0.2) is 0 Å². The molecule has 61 heavy (non-hydrogen) atoms. The highest BCUT2D eigenvalue weighted by Gasteiger charge is 2.28. The van der Waals surface area contributed by atoms with Crippen molar-refractivity contribution in [2.75, 3.05) is 58.7 Å². The maximum absolute atomic E-state index is 12.5. The summed E-state index contributed by atoms with van der Waals surface area (Å²) >= 11 is 9.40. The molecule has 0 radical (unpaired) electrons. The quantitative estimate of drug-likeness (QED) is 0.143. The molecule has 6 aromatic rings. The van der Waals surface area contributed by atoms with Crippen molar-refractivity contribution < 1.29 is 9.59 Å². The number of fused-ring (bicyclic) bond motifs is 6. The second-order valence-corrected chi connectivity index (χ2v) is 19.6. The summed E-state index contributed by atoms with van der Waals surface area (Å²) < 4.78 is 2.45. The molecule has 0 atom stereocenters. The molecule has 324 valence electrons. The molecule has 6 heterocycles. The van der Waals surface area contributed by atoms with Crippen LogP contribution in [0.5, 0.6) is 0 Å². The molecule has 0 spiro atoms. The minimum atomic E-state index is 0.294. The molecule has 3 N–H and O–H groups in total. The summed E-state index contributed by atoms with van der Waals surface area (Å²) in [6, 6.07) is 18.4. The van der Waals surface area contributed by atoms with Crippen LogP contribution in [0.2, 0.25) is 5.15 Å². The highest BCUT2D eigenvalue weighted by molar-refractivity contribution is 7.26. The van der Waals surface area contributed by atoms with E-state index >= 15 is 0 Å². The standard InChI is InChI=1S/C23H29N5OS.C13H25N3O.C10H5ClN2S/c1-27(14-20(29)28-12-4-5-13-28)17-10-8-16(9-11-17)26-22-21-18-6-2-3-7-19(18)30-23(21)25-15-24-22;1-15(12-6-4-11(14)5-7-12)10-13(17)16-8-2-3-9-16;11-9-8-6-3-1-2-4-7(6)14-10(8)13-5-12-9/h2-3,6-7,15-17H,4-5,8-14H2,1H3,(H,24,25,26);11-12H,2-10,14H2,1H3;1-5H. The first-order valence-electron chi connectivity index (χ1n) is 22.1. The number of carbonyl (C=O) groups is 2. The van der Waals surface area contributed by atoms with Crippen molar-refractivity contribution in [3.05, 3.63) is 66.3 Å². The highest BCUT2D eigenvalue weighted by atomic mass is 35.5. The molecule has 2 aromatic carbocycles. The Morgan fingerprint density at radius 1 is 0.672 bits per heavy atom. The van der Waals surface area contributed by atoms with E-state index in [4.69, 9.17) is 17.3 Å². The second-order valence-electron chi connectivity index (χ2n) is 17.2. The Morgan fingerprint density at radius 2 is 1.13 bits per heavy atom. The number of likely N-dealkylation sites (tertiary alicyclic amines) is 2. The first-order valence-corrected chi connectivity index (χ1v) is 24.1. The first kappa shape index (κ1) is 43.6. The smallest absolute Gasteiger partial charge is 0.236 e. The van der Waals surface area contributed by atoms with E-state index in [1.54, 1.807) is 29.0 Å². The summed E-state index contributed by atoms with van der Waals surface area (Å²) in [6.45, 7) is 4.93. The van der Waals surface area contributed by atoms with Crippen LogP contribution in [0.15, 0.2) is 61.2 Å². The zero-order chi connectivity index (χ0) is 42.3. The van der Waals surface area contributed by atoms with E-state index in [2.05, 4.69) is 79.5 Å². The molecule has 4 aliphatic rings. The number of nitrogens with zero attached hydrogens (tertiary/aromatic N) is 8. The molecule has 2 saturated heterocycles. The number of halogens is 1. The lowest BCUT2D eigenvalue weighted by atomic mass is 9.90. The molecule has 0 bridgehead atoms. The van der Waals surface area contributed by atoms with Crippen LogP contribution in [-0.2, 0) is 9.59 Å². The average Bonchev–Trinajstić information content (AvgIpc) is 4.12. The minimum Gasteiger partial charge on any atom is -0.367 e. The second kappa shape index (κ2) is 20.4. The molecule has 12 nitrogen and oxygen atoms in total. The number of nitrogens with two attached hydrogens (primary N) is 1. The van der Waals surface area contributed by atoms with Crippen LogP contribution in [-0.4, -0.2) is 129 Å². The van der Waals surface area contributed by atoms with E-state index in [0.29, 0.717) is 54.2 Å². The Bertz CT molecular complexity index is 2400. The number of anilines is 1. The van der Waals surface area contributed by atoms with E-state index < -0.39 is 0 Å². The maximum atomic E-state index is 12.5. The van der Waals surface area contributed by atoms with Crippen LogP contribution >= 0.6 is 34.3 Å². The third-order valence-electron chi connectivity index (χ3n) is 13.0. The number of carbonyl (C=O) groups excluding carboxylic acids is 2. The molecule has 10 rings (SSSR count). The maximum Gasteiger partial charge on any atom is 0.236 e. The van der Waals surface area contributed by atoms with Crippen molar-refractivity contribution in [1.29, 1.82) is 0 Å². The Kier molecular flexibility index (Phi) is 14.6. The molecule has 0 unspecified atom stereocenters. The predicted octanol–water partition coefficient (Wildman–Crippen LogP) is 8.43. The lowest BCUT2D eigenvalue weighted by Gasteiger charge is -2.35. The number of aromatic nitrogens is 4. The van der Waals surface area contributed by atoms with Crippen LogP contribution < -0.4 is 11.1 Å². The van der Waals surface area contributed by atoms with Gasteiger partial charge in [0.1, 0.15) is 33.3 Å². The van der Waals surface area contributed by atoms with Gasteiger partial charge in [-0.25, -0.2) is 19.9 Å². The van der Waals surface area contributed by atoms with E-state index in [9.17, 15) is 9.59 Å². The third-order valence-corrected chi connectivity index (χ3v) is 15.5. The monoisotopic (exact) mass is 882 g/mol. The van der Waals surface area contributed by atoms with Gasteiger partial charge in [-0.15, -0.1) is 22.7 Å².